The largest absolute Gasteiger partial charge is 0.486 e. The number of amides is 1. The fraction of sp³-hybridized carbons (Fsp3) is 0.611. The van der Waals surface area contributed by atoms with Gasteiger partial charge in [-0.15, -0.1) is 0 Å². The molecule has 120 valence electrons. The predicted octanol–water partition coefficient (Wildman–Crippen LogP) is 3.26. The minimum Gasteiger partial charge on any atom is -0.486 e. The van der Waals surface area contributed by atoms with Gasteiger partial charge in [-0.1, -0.05) is 31.4 Å². The molecule has 3 rings (SSSR count). The van der Waals surface area contributed by atoms with Crippen LogP contribution in [0.3, 0.4) is 0 Å². The molecule has 2 aliphatic rings. The molecule has 1 saturated carbocycles. The molecule has 0 bridgehead atoms. The van der Waals surface area contributed by atoms with Crippen molar-refractivity contribution in [3.8, 4) is 11.5 Å². The summed E-state index contributed by atoms with van der Waals surface area (Å²) in [7, 11) is 1.87. The Kier molecular flexibility index (Phi) is 4.86. The van der Waals surface area contributed by atoms with Crippen LogP contribution in [0, 0.1) is 5.92 Å². The van der Waals surface area contributed by atoms with Gasteiger partial charge in [0.15, 0.2) is 17.6 Å². The van der Waals surface area contributed by atoms with Crippen molar-refractivity contribution in [3.05, 3.63) is 24.3 Å². The van der Waals surface area contributed by atoms with Gasteiger partial charge >= 0.3 is 0 Å². The quantitative estimate of drug-likeness (QED) is 0.857. The van der Waals surface area contributed by atoms with Crippen LogP contribution in [-0.2, 0) is 4.79 Å². The van der Waals surface area contributed by atoms with Gasteiger partial charge in [0.05, 0.1) is 6.54 Å². The van der Waals surface area contributed by atoms with Crippen LogP contribution in [0.2, 0.25) is 0 Å². The molecule has 0 spiro atoms. The molecule has 1 unspecified atom stereocenters. The van der Waals surface area contributed by atoms with Crippen molar-refractivity contribution in [2.24, 2.45) is 5.92 Å². The fourth-order valence-corrected chi connectivity index (χ4v) is 3.35. The summed E-state index contributed by atoms with van der Waals surface area (Å²) in [6.07, 6.45) is 6.88. The lowest BCUT2D eigenvalue weighted by Gasteiger charge is -2.30. The van der Waals surface area contributed by atoms with E-state index >= 15 is 0 Å². The molecule has 22 heavy (non-hydrogen) atoms. The number of hydrogen-bond donors (Lipinski definition) is 0. The first-order chi connectivity index (χ1) is 10.7. The summed E-state index contributed by atoms with van der Waals surface area (Å²) < 4.78 is 11.6. The molecule has 1 atom stereocenters. The van der Waals surface area contributed by atoms with Gasteiger partial charge in [0.2, 0.25) is 5.91 Å². The topological polar surface area (TPSA) is 38.8 Å². The summed E-state index contributed by atoms with van der Waals surface area (Å²) in [5.74, 6) is 2.36. The van der Waals surface area contributed by atoms with E-state index in [0.717, 1.165) is 11.5 Å². The van der Waals surface area contributed by atoms with Crippen LogP contribution < -0.4 is 9.47 Å². The monoisotopic (exact) mass is 303 g/mol. The van der Waals surface area contributed by atoms with Crippen molar-refractivity contribution in [3.63, 3.8) is 0 Å². The molecule has 1 aromatic rings. The number of hydrogen-bond acceptors (Lipinski definition) is 3. The van der Waals surface area contributed by atoms with Crippen molar-refractivity contribution in [1.82, 2.24) is 4.90 Å². The van der Waals surface area contributed by atoms with E-state index in [1.807, 2.05) is 31.3 Å². The van der Waals surface area contributed by atoms with Crippen molar-refractivity contribution in [2.75, 3.05) is 20.2 Å². The third kappa shape index (κ3) is 3.73. The predicted molar refractivity (Wildman–Crippen MR) is 85.2 cm³/mol. The SMILES string of the molecule is CN(CC1COc2ccccc2O1)C(=O)CC1CCCCC1. The summed E-state index contributed by atoms with van der Waals surface area (Å²) in [4.78, 5) is 14.2. The molecule has 0 radical (unpaired) electrons. The van der Waals surface area contributed by atoms with Gasteiger partial charge in [0, 0.05) is 13.5 Å². The number of para-hydroxylation sites is 2. The summed E-state index contributed by atoms with van der Waals surface area (Å²) in [6.45, 7) is 1.08. The van der Waals surface area contributed by atoms with Gasteiger partial charge in [-0.2, -0.15) is 0 Å². The Morgan fingerprint density at radius 3 is 2.68 bits per heavy atom. The van der Waals surface area contributed by atoms with E-state index in [9.17, 15) is 4.79 Å². The normalized spacial score (nSPS) is 21.4. The molecule has 1 heterocycles. The highest BCUT2D eigenvalue weighted by Gasteiger charge is 2.25. The molecule has 4 nitrogen and oxygen atoms in total. The van der Waals surface area contributed by atoms with E-state index < -0.39 is 0 Å². The third-order valence-electron chi connectivity index (χ3n) is 4.66. The summed E-state index contributed by atoms with van der Waals surface area (Å²) >= 11 is 0. The Bertz CT molecular complexity index is 511. The van der Waals surface area contributed by atoms with Crippen LogP contribution in [0.15, 0.2) is 24.3 Å². The molecule has 0 saturated heterocycles. The maximum absolute atomic E-state index is 12.4. The number of nitrogens with zero attached hydrogens (tertiary/aromatic N) is 1. The average molecular weight is 303 g/mol. The van der Waals surface area contributed by atoms with Crippen LogP contribution in [-0.4, -0.2) is 37.1 Å². The molecule has 0 N–H and O–H groups in total. The average Bonchev–Trinajstić information content (AvgIpc) is 2.55. The van der Waals surface area contributed by atoms with E-state index in [4.69, 9.17) is 9.47 Å². The lowest BCUT2D eigenvalue weighted by molar-refractivity contribution is -0.132. The van der Waals surface area contributed by atoms with Gasteiger partial charge < -0.3 is 14.4 Å². The van der Waals surface area contributed by atoms with E-state index in [-0.39, 0.29) is 12.0 Å². The Labute approximate surface area is 132 Å². The second-order valence-electron chi connectivity index (χ2n) is 6.48. The van der Waals surface area contributed by atoms with Gasteiger partial charge in [-0.25, -0.2) is 0 Å². The molecule has 1 amide bonds. The fourth-order valence-electron chi connectivity index (χ4n) is 3.35. The lowest BCUT2D eigenvalue weighted by atomic mass is 9.87. The molecular weight excluding hydrogens is 278 g/mol. The lowest BCUT2D eigenvalue weighted by Crippen LogP contribution is -2.42. The zero-order chi connectivity index (χ0) is 15.4. The van der Waals surface area contributed by atoms with Crippen LogP contribution in [0.1, 0.15) is 38.5 Å². The maximum atomic E-state index is 12.4. The standard InChI is InChI=1S/C18H25NO3/c1-19(18(20)11-14-7-3-2-4-8-14)12-15-13-21-16-9-5-6-10-17(16)22-15/h5-6,9-10,14-15H,2-4,7-8,11-13H2,1H3. The summed E-state index contributed by atoms with van der Waals surface area (Å²) in [5.41, 5.74) is 0. The molecular formula is C18H25NO3. The Balaban J connectivity index is 1.49. The molecule has 1 aliphatic carbocycles. The van der Waals surface area contributed by atoms with E-state index in [0.29, 0.717) is 25.5 Å². The molecule has 4 heteroatoms. The molecule has 1 aromatic carbocycles. The van der Waals surface area contributed by atoms with Gasteiger partial charge in [-0.05, 0) is 30.9 Å². The number of benzene rings is 1. The van der Waals surface area contributed by atoms with E-state index in [1.54, 1.807) is 4.90 Å². The second-order valence-corrected chi connectivity index (χ2v) is 6.48. The number of rotatable bonds is 4. The summed E-state index contributed by atoms with van der Waals surface area (Å²) in [6, 6.07) is 7.68. The van der Waals surface area contributed by atoms with Gasteiger partial charge in [0.1, 0.15) is 6.61 Å². The highest BCUT2D eigenvalue weighted by Crippen LogP contribution is 2.31. The number of fused-ring (bicyclic) bond motifs is 1. The second kappa shape index (κ2) is 7.03. The molecule has 1 aliphatic heterocycles. The first-order valence-electron chi connectivity index (χ1n) is 8.35. The number of carbonyl (C=O) groups excluding carboxylic acids is 1. The van der Waals surface area contributed by atoms with E-state index in [1.165, 1.54) is 32.1 Å². The van der Waals surface area contributed by atoms with E-state index in [2.05, 4.69) is 0 Å². The van der Waals surface area contributed by atoms with Crippen molar-refractivity contribution < 1.29 is 14.3 Å². The van der Waals surface area contributed by atoms with Crippen molar-refractivity contribution in [2.45, 2.75) is 44.6 Å². The van der Waals surface area contributed by atoms with Crippen LogP contribution in [0.5, 0.6) is 11.5 Å². The minimum atomic E-state index is -0.0878. The van der Waals surface area contributed by atoms with Crippen LogP contribution >= 0.6 is 0 Å². The highest BCUT2D eigenvalue weighted by atomic mass is 16.6. The first kappa shape index (κ1) is 15.2. The van der Waals surface area contributed by atoms with Crippen molar-refractivity contribution >= 4 is 5.91 Å². The Morgan fingerprint density at radius 1 is 1.18 bits per heavy atom. The van der Waals surface area contributed by atoms with Gasteiger partial charge in [0.25, 0.3) is 0 Å². The number of likely N-dealkylation sites (N-methyl/N-ethyl adjacent to an activating group) is 1. The Morgan fingerprint density at radius 2 is 1.91 bits per heavy atom. The zero-order valence-corrected chi connectivity index (χ0v) is 13.3. The Hall–Kier alpha value is -1.71. The first-order valence-corrected chi connectivity index (χ1v) is 8.35. The van der Waals surface area contributed by atoms with Crippen LogP contribution in [0.4, 0.5) is 0 Å². The highest BCUT2D eigenvalue weighted by molar-refractivity contribution is 5.76. The van der Waals surface area contributed by atoms with Crippen LogP contribution in [0.25, 0.3) is 0 Å². The minimum absolute atomic E-state index is 0.0878. The maximum Gasteiger partial charge on any atom is 0.222 e. The molecule has 0 aromatic heterocycles. The zero-order valence-electron chi connectivity index (χ0n) is 13.3. The van der Waals surface area contributed by atoms with Crippen molar-refractivity contribution in [1.29, 1.82) is 0 Å². The smallest absolute Gasteiger partial charge is 0.222 e. The molecule has 1 fully saturated rings. The number of ether oxygens (including phenoxy) is 2. The third-order valence-corrected chi connectivity index (χ3v) is 4.66. The van der Waals surface area contributed by atoms with Gasteiger partial charge in [-0.3, -0.25) is 4.79 Å². The number of carbonyl (C=O) groups is 1. The summed E-state index contributed by atoms with van der Waals surface area (Å²) in [5, 5.41) is 0.